The van der Waals surface area contributed by atoms with Crippen molar-refractivity contribution in [2.45, 2.75) is 38.8 Å². The summed E-state index contributed by atoms with van der Waals surface area (Å²) in [6.45, 7) is 4.53. The van der Waals surface area contributed by atoms with Crippen molar-refractivity contribution in [1.29, 1.82) is 0 Å². The van der Waals surface area contributed by atoms with Crippen molar-refractivity contribution in [3.05, 3.63) is 35.4 Å². The van der Waals surface area contributed by atoms with E-state index in [1.54, 1.807) is 4.90 Å². The largest absolute Gasteiger partial charge is 0.375 e. The lowest BCUT2D eigenvalue weighted by atomic mass is 10.0. The average Bonchev–Trinajstić information content (AvgIpc) is 2.54. The summed E-state index contributed by atoms with van der Waals surface area (Å²) in [5.41, 5.74) is -0.290. The molecule has 2 amide bonds. The SMILES string of the molecule is CC[C@H]1CN(C(=O)C[C@@H](NC(C)=O)c2c(F)cccc2F)CCO1. The maximum absolute atomic E-state index is 14.0. The number of nitrogens with one attached hydrogen (secondary N) is 1. The first-order valence-electron chi connectivity index (χ1n) is 8.02. The summed E-state index contributed by atoms with van der Waals surface area (Å²) in [4.78, 5) is 25.5. The molecule has 0 bridgehead atoms. The zero-order valence-electron chi connectivity index (χ0n) is 13.9. The van der Waals surface area contributed by atoms with Crippen LogP contribution in [-0.4, -0.2) is 42.5 Å². The van der Waals surface area contributed by atoms with Crippen LogP contribution in [-0.2, 0) is 14.3 Å². The molecule has 0 spiro atoms. The first-order valence-corrected chi connectivity index (χ1v) is 8.02. The molecule has 1 aliphatic rings. The molecule has 1 heterocycles. The topological polar surface area (TPSA) is 58.6 Å². The van der Waals surface area contributed by atoms with Crippen LogP contribution in [0.25, 0.3) is 0 Å². The van der Waals surface area contributed by atoms with E-state index in [1.165, 1.54) is 13.0 Å². The molecule has 1 saturated heterocycles. The van der Waals surface area contributed by atoms with Crippen LogP contribution < -0.4 is 5.32 Å². The van der Waals surface area contributed by atoms with E-state index in [0.717, 1.165) is 18.6 Å². The van der Waals surface area contributed by atoms with Gasteiger partial charge >= 0.3 is 0 Å². The molecule has 24 heavy (non-hydrogen) atoms. The fraction of sp³-hybridized carbons (Fsp3) is 0.529. The molecule has 0 aliphatic carbocycles. The number of rotatable bonds is 5. The van der Waals surface area contributed by atoms with Crippen LogP contribution in [0.4, 0.5) is 8.78 Å². The molecular weight excluding hydrogens is 318 g/mol. The first-order chi connectivity index (χ1) is 11.4. The molecule has 1 aromatic carbocycles. The Morgan fingerprint density at radius 1 is 1.38 bits per heavy atom. The third-order valence-electron chi connectivity index (χ3n) is 4.05. The number of carbonyl (C=O) groups excluding carboxylic acids is 2. The van der Waals surface area contributed by atoms with Crippen LogP contribution in [0.15, 0.2) is 18.2 Å². The summed E-state index contributed by atoms with van der Waals surface area (Å²) in [6, 6.07) is 2.42. The van der Waals surface area contributed by atoms with Crippen molar-refractivity contribution in [1.82, 2.24) is 10.2 Å². The van der Waals surface area contributed by atoms with Crippen LogP contribution in [0.2, 0.25) is 0 Å². The van der Waals surface area contributed by atoms with Gasteiger partial charge in [-0.1, -0.05) is 13.0 Å². The Morgan fingerprint density at radius 2 is 2.04 bits per heavy atom. The minimum atomic E-state index is -1.04. The highest BCUT2D eigenvalue weighted by molar-refractivity contribution is 5.79. The van der Waals surface area contributed by atoms with Gasteiger partial charge < -0.3 is 15.0 Å². The zero-order valence-corrected chi connectivity index (χ0v) is 13.9. The summed E-state index contributed by atoms with van der Waals surface area (Å²) in [7, 11) is 0. The summed E-state index contributed by atoms with van der Waals surface area (Å²) in [5.74, 6) is -2.29. The van der Waals surface area contributed by atoms with E-state index >= 15 is 0 Å². The smallest absolute Gasteiger partial charge is 0.225 e. The van der Waals surface area contributed by atoms with E-state index in [4.69, 9.17) is 4.74 Å². The van der Waals surface area contributed by atoms with Crippen LogP contribution in [0.5, 0.6) is 0 Å². The molecule has 0 aromatic heterocycles. The van der Waals surface area contributed by atoms with Gasteiger partial charge in [-0.3, -0.25) is 9.59 Å². The Balaban J connectivity index is 2.17. The van der Waals surface area contributed by atoms with Gasteiger partial charge in [-0.2, -0.15) is 0 Å². The third-order valence-corrected chi connectivity index (χ3v) is 4.05. The van der Waals surface area contributed by atoms with Crippen LogP contribution in [0.3, 0.4) is 0 Å². The van der Waals surface area contributed by atoms with Gasteiger partial charge in [0.25, 0.3) is 0 Å². The highest BCUT2D eigenvalue weighted by Crippen LogP contribution is 2.25. The van der Waals surface area contributed by atoms with Crippen molar-refractivity contribution < 1.29 is 23.1 Å². The second kappa shape index (κ2) is 8.19. The molecule has 7 heteroatoms. The molecule has 0 radical (unpaired) electrons. The lowest BCUT2D eigenvalue weighted by Gasteiger charge is -2.33. The van der Waals surface area contributed by atoms with Gasteiger partial charge in [0.2, 0.25) is 11.8 Å². The predicted molar refractivity (Wildman–Crippen MR) is 84.1 cm³/mol. The summed E-state index contributed by atoms with van der Waals surface area (Å²) in [5, 5.41) is 2.48. The maximum atomic E-state index is 14.0. The van der Waals surface area contributed by atoms with E-state index < -0.39 is 23.6 Å². The van der Waals surface area contributed by atoms with E-state index in [2.05, 4.69) is 5.32 Å². The molecular formula is C17H22F2N2O3. The Bertz CT molecular complexity index is 589. The Kier molecular flexibility index (Phi) is 6.25. The Morgan fingerprint density at radius 3 is 2.62 bits per heavy atom. The van der Waals surface area contributed by atoms with Crippen molar-refractivity contribution in [3.63, 3.8) is 0 Å². The minimum Gasteiger partial charge on any atom is -0.375 e. The molecule has 2 atom stereocenters. The fourth-order valence-electron chi connectivity index (χ4n) is 2.81. The van der Waals surface area contributed by atoms with Gasteiger partial charge in [0.1, 0.15) is 11.6 Å². The molecule has 2 rings (SSSR count). The normalized spacial score (nSPS) is 19.0. The number of nitrogens with zero attached hydrogens (tertiary/aromatic N) is 1. The average molecular weight is 340 g/mol. The number of ether oxygens (including phenoxy) is 1. The number of benzene rings is 1. The molecule has 5 nitrogen and oxygen atoms in total. The lowest BCUT2D eigenvalue weighted by Crippen LogP contribution is -2.46. The zero-order chi connectivity index (χ0) is 17.7. The summed E-state index contributed by atoms with van der Waals surface area (Å²) >= 11 is 0. The molecule has 132 valence electrons. The molecule has 0 saturated carbocycles. The van der Waals surface area contributed by atoms with Crippen LogP contribution in [0.1, 0.15) is 38.3 Å². The summed E-state index contributed by atoms with van der Waals surface area (Å²) < 4.78 is 33.6. The highest BCUT2D eigenvalue weighted by atomic mass is 19.1. The molecule has 1 fully saturated rings. The summed E-state index contributed by atoms with van der Waals surface area (Å²) in [6.07, 6.45) is 0.543. The minimum absolute atomic E-state index is 0.0351. The maximum Gasteiger partial charge on any atom is 0.225 e. The van der Waals surface area contributed by atoms with Gasteiger partial charge in [0.05, 0.1) is 25.2 Å². The number of hydrogen-bond acceptors (Lipinski definition) is 3. The Labute approximate surface area is 140 Å². The van der Waals surface area contributed by atoms with Gasteiger partial charge in [-0.25, -0.2) is 8.78 Å². The van der Waals surface area contributed by atoms with E-state index in [9.17, 15) is 18.4 Å². The first kappa shape index (κ1) is 18.3. The van der Waals surface area contributed by atoms with Crippen LogP contribution in [0, 0.1) is 11.6 Å². The van der Waals surface area contributed by atoms with E-state index in [1.807, 2.05) is 6.92 Å². The molecule has 1 aliphatic heterocycles. The quantitative estimate of drug-likeness (QED) is 0.894. The molecule has 1 N–H and O–H groups in total. The second-order valence-electron chi connectivity index (χ2n) is 5.83. The van der Waals surface area contributed by atoms with Crippen molar-refractivity contribution >= 4 is 11.8 Å². The molecule has 0 unspecified atom stereocenters. The van der Waals surface area contributed by atoms with Crippen LogP contribution >= 0.6 is 0 Å². The van der Waals surface area contributed by atoms with Gasteiger partial charge in [-0.05, 0) is 18.6 Å². The number of amides is 2. The predicted octanol–water partition coefficient (Wildman–Crippen LogP) is 2.17. The fourth-order valence-corrected chi connectivity index (χ4v) is 2.81. The lowest BCUT2D eigenvalue weighted by molar-refractivity contribution is -0.139. The third kappa shape index (κ3) is 4.50. The van der Waals surface area contributed by atoms with Crippen molar-refractivity contribution in [3.8, 4) is 0 Å². The molecule has 1 aromatic rings. The van der Waals surface area contributed by atoms with Gasteiger partial charge in [0, 0.05) is 25.6 Å². The number of morpholine rings is 1. The number of hydrogen-bond donors (Lipinski definition) is 1. The van der Waals surface area contributed by atoms with Gasteiger partial charge in [-0.15, -0.1) is 0 Å². The highest BCUT2D eigenvalue weighted by Gasteiger charge is 2.28. The van der Waals surface area contributed by atoms with E-state index in [-0.39, 0.29) is 24.0 Å². The monoisotopic (exact) mass is 340 g/mol. The van der Waals surface area contributed by atoms with Crippen molar-refractivity contribution in [2.24, 2.45) is 0 Å². The van der Waals surface area contributed by atoms with E-state index in [0.29, 0.717) is 19.7 Å². The number of halogens is 2. The van der Waals surface area contributed by atoms with Crippen molar-refractivity contribution in [2.75, 3.05) is 19.7 Å². The standard InChI is InChI=1S/C17H22F2N2O3/c1-3-12-10-21(7-8-24-12)16(23)9-15(20-11(2)22)17-13(18)5-4-6-14(17)19/h4-6,12,15H,3,7-10H2,1-2H3,(H,20,22)/t12-,15+/m0/s1. The second-order valence-corrected chi connectivity index (χ2v) is 5.83. The number of carbonyl (C=O) groups is 2. The van der Waals surface area contributed by atoms with Gasteiger partial charge in [0.15, 0.2) is 0 Å². The Hall–Kier alpha value is -2.02.